The van der Waals surface area contributed by atoms with Crippen LogP contribution in [0.5, 0.6) is 5.75 Å². The summed E-state index contributed by atoms with van der Waals surface area (Å²) in [7, 11) is -2.08. The highest BCUT2D eigenvalue weighted by molar-refractivity contribution is 7.92. The molecule has 2 rings (SSSR count). The molecule has 2 aromatic carbocycles. The average molecular weight is 306 g/mol. The summed E-state index contributed by atoms with van der Waals surface area (Å²) in [5.74, 6) is 0.610. The molecule has 21 heavy (non-hydrogen) atoms. The summed E-state index contributed by atoms with van der Waals surface area (Å²) in [5.41, 5.74) is 6.69. The van der Waals surface area contributed by atoms with Gasteiger partial charge in [0.15, 0.2) is 0 Å². The van der Waals surface area contributed by atoms with Crippen LogP contribution in [0.1, 0.15) is 6.92 Å². The highest BCUT2D eigenvalue weighted by Gasteiger charge is 2.23. The number of rotatable bonds is 5. The van der Waals surface area contributed by atoms with Crippen LogP contribution in [0.15, 0.2) is 53.4 Å². The van der Waals surface area contributed by atoms with Gasteiger partial charge in [-0.2, -0.15) is 0 Å². The highest BCUT2D eigenvalue weighted by Crippen LogP contribution is 2.26. The van der Waals surface area contributed by atoms with Crippen molar-refractivity contribution in [3.05, 3.63) is 48.5 Å². The molecule has 0 fully saturated rings. The lowest BCUT2D eigenvalue weighted by atomic mass is 10.3. The summed E-state index contributed by atoms with van der Waals surface area (Å²) in [4.78, 5) is 0.210. The van der Waals surface area contributed by atoms with Crippen molar-refractivity contribution in [2.24, 2.45) is 0 Å². The van der Waals surface area contributed by atoms with E-state index in [1.807, 2.05) is 0 Å². The first kappa shape index (κ1) is 15.2. The molecule has 0 saturated carbocycles. The molecule has 0 aromatic heterocycles. The van der Waals surface area contributed by atoms with Crippen molar-refractivity contribution in [2.75, 3.05) is 23.7 Å². The van der Waals surface area contributed by atoms with Gasteiger partial charge in [-0.25, -0.2) is 8.42 Å². The number of benzene rings is 2. The summed E-state index contributed by atoms with van der Waals surface area (Å²) in [6.07, 6.45) is 0. The maximum atomic E-state index is 12.7. The first-order valence-electron chi connectivity index (χ1n) is 6.51. The molecule has 2 aromatic rings. The third kappa shape index (κ3) is 3.11. The van der Waals surface area contributed by atoms with Crippen LogP contribution in [0, 0.1) is 0 Å². The third-order valence-corrected chi connectivity index (χ3v) is 5.01. The van der Waals surface area contributed by atoms with Crippen molar-refractivity contribution in [3.8, 4) is 5.75 Å². The van der Waals surface area contributed by atoms with Crippen LogP contribution in [0.25, 0.3) is 0 Å². The highest BCUT2D eigenvalue weighted by atomic mass is 32.2. The van der Waals surface area contributed by atoms with Gasteiger partial charge >= 0.3 is 0 Å². The number of sulfonamides is 1. The Morgan fingerprint density at radius 3 is 2.38 bits per heavy atom. The number of nitrogen functional groups attached to an aromatic ring is 1. The Balaban J connectivity index is 2.46. The van der Waals surface area contributed by atoms with E-state index in [0.29, 0.717) is 23.7 Å². The quantitative estimate of drug-likeness (QED) is 0.861. The number of hydrogen-bond donors (Lipinski definition) is 1. The van der Waals surface area contributed by atoms with E-state index in [1.165, 1.54) is 16.4 Å². The Kier molecular flexibility index (Phi) is 4.37. The largest absolute Gasteiger partial charge is 0.497 e. The maximum Gasteiger partial charge on any atom is 0.264 e. The van der Waals surface area contributed by atoms with Crippen molar-refractivity contribution in [3.63, 3.8) is 0 Å². The zero-order valence-corrected chi connectivity index (χ0v) is 12.8. The van der Waals surface area contributed by atoms with Gasteiger partial charge in [-0.1, -0.05) is 6.07 Å². The number of nitrogens with zero attached hydrogens (tertiary/aromatic N) is 1. The minimum absolute atomic E-state index is 0.210. The van der Waals surface area contributed by atoms with Gasteiger partial charge in [0.2, 0.25) is 0 Å². The standard InChI is InChI=1S/C15H18N2O3S/c1-3-17(13-5-4-6-14(11-13)20-2)21(18,19)15-9-7-12(16)8-10-15/h4-11H,3,16H2,1-2H3. The molecular weight excluding hydrogens is 288 g/mol. The van der Waals surface area contributed by atoms with Gasteiger partial charge in [-0.3, -0.25) is 4.31 Å². The Bertz CT molecular complexity index is 712. The molecule has 0 saturated heterocycles. The molecule has 0 aliphatic carbocycles. The van der Waals surface area contributed by atoms with E-state index in [4.69, 9.17) is 10.5 Å². The van der Waals surface area contributed by atoms with E-state index in [1.54, 1.807) is 50.4 Å². The van der Waals surface area contributed by atoms with Crippen LogP contribution in [0.2, 0.25) is 0 Å². The zero-order chi connectivity index (χ0) is 15.5. The number of hydrogen-bond acceptors (Lipinski definition) is 4. The van der Waals surface area contributed by atoms with E-state index in [0.717, 1.165) is 0 Å². The zero-order valence-electron chi connectivity index (χ0n) is 12.0. The van der Waals surface area contributed by atoms with Gasteiger partial charge in [-0.05, 0) is 43.3 Å². The Hall–Kier alpha value is -2.21. The molecule has 6 heteroatoms. The number of anilines is 2. The second kappa shape index (κ2) is 6.05. The fraction of sp³-hybridized carbons (Fsp3) is 0.200. The topological polar surface area (TPSA) is 72.6 Å². The molecule has 5 nitrogen and oxygen atoms in total. The van der Waals surface area contributed by atoms with Crippen molar-refractivity contribution in [2.45, 2.75) is 11.8 Å². The molecule has 0 atom stereocenters. The minimum Gasteiger partial charge on any atom is -0.497 e. The van der Waals surface area contributed by atoms with Gasteiger partial charge in [0.25, 0.3) is 10.0 Å². The molecule has 0 heterocycles. The second-order valence-electron chi connectivity index (χ2n) is 4.44. The van der Waals surface area contributed by atoms with Gasteiger partial charge in [0.05, 0.1) is 17.7 Å². The van der Waals surface area contributed by atoms with E-state index in [9.17, 15) is 8.42 Å². The SMILES string of the molecule is CCN(c1cccc(OC)c1)S(=O)(=O)c1ccc(N)cc1. The predicted molar refractivity (Wildman–Crippen MR) is 84.1 cm³/mol. The first-order valence-corrected chi connectivity index (χ1v) is 7.95. The van der Waals surface area contributed by atoms with Crippen LogP contribution in [-0.2, 0) is 10.0 Å². The normalized spacial score (nSPS) is 11.1. The molecule has 0 spiro atoms. The molecule has 0 radical (unpaired) electrons. The van der Waals surface area contributed by atoms with E-state index in [-0.39, 0.29) is 4.90 Å². The summed E-state index contributed by atoms with van der Waals surface area (Å²) in [6, 6.07) is 13.1. The molecule has 0 bridgehead atoms. The van der Waals surface area contributed by atoms with Gasteiger partial charge in [-0.15, -0.1) is 0 Å². The van der Waals surface area contributed by atoms with Crippen molar-refractivity contribution < 1.29 is 13.2 Å². The summed E-state index contributed by atoms with van der Waals surface area (Å²) in [5, 5.41) is 0. The molecule has 0 aliphatic rings. The molecule has 2 N–H and O–H groups in total. The summed E-state index contributed by atoms with van der Waals surface area (Å²) < 4.78 is 31.9. The molecule has 0 aliphatic heterocycles. The Morgan fingerprint density at radius 1 is 1.14 bits per heavy atom. The lowest BCUT2D eigenvalue weighted by Crippen LogP contribution is -2.30. The van der Waals surface area contributed by atoms with Gasteiger partial charge in [0, 0.05) is 18.3 Å². The fourth-order valence-corrected chi connectivity index (χ4v) is 3.49. The smallest absolute Gasteiger partial charge is 0.264 e. The van der Waals surface area contributed by atoms with E-state index in [2.05, 4.69) is 0 Å². The number of ether oxygens (including phenoxy) is 1. The number of nitrogens with two attached hydrogens (primary N) is 1. The van der Waals surface area contributed by atoms with Crippen LogP contribution < -0.4 is 14.8 Å². The molecular formula is C15H18N2O3S. The third-order valence-electron chi connectivity index (χ3n) is 3.10. The van der Waals surface area contributed by atoms with Crippen LogP contribution >= 0.6 is 0 Å². The van der Waals surface area contributed by atoms with E-state index >= 15 is 0 Å². The van der Waals surface area contributed by atoms with Crippen molar-refractivity contribution in [1.82, 2.24) is 0 Å². The summed E-state index contributed by atoms with van der Waals surface area (Å²) >= 11 is 0. The Labute approximate surface area is 125 Å². The first-order chi connectivity index (χ1) is 9.98. The molecule has 0 amide bonds. The predicted octanol–water partition coefficient (Wildman–Crippen LogP) is 2.49. The molecule has 112 valence electrons. The second-order valence-corrected chi connectivity index (χ2v) is 6.30. The fourth-order valence-electron chi connectivity index (χ4n) is 2.02. The van der Waals surface area contributed by atoms with Crippen molar-refractivity contribution in [1.29, 1.82) is 0 Å². The number of methoxy groups -OCH3 is 1. The monoisotopic (exact) mass is 306 g/mol. The van der Waals surface area contributed by atoms with Crippen LogP contribution in [-0.4, -0.2) is 22.1 Å². The van der Waals surface area contributed by atoms with Gasteiger partial charge in [0.1, 0.15) is 5.75 Å². The van der Waals surface area contributed by atoms with Crippen molar-refractivity contribution >= 4 is 21.4 Å². The Morgan fingerprint density at radius 2 is 1.81 bits per heavy atom. The van der Waals surface area contributed by atoms with E-state index < -0.39 is 10.0 Å². The average Bonchev–Trinajstić information content (AvgIpc) is 2.48. The van der Waals surface area contributed by atoms with Crippen LogP contribution in [0.3, 0.4) is 0 Å². The lowest BCUT2D eigenvalue weighted by molar-refractivity contribution is 0.415. The summed E-state index contributed by atoms with van der Waals surface area (Å²) in [6.45, 7) is 2.11. The maximum absolute atomic E-state index is 12.7. The van der Waals surface area contributed by atoms with Gasteiger partial charge < -0.3 is 10.5 Å². The van der Waals surface area contributed by atoms with Crippen LogP contribution in [0.4, 0.5) is 11.4 Å². The lowest BCUT2D eigenvalue weighted by Gasteiger charge is -2.23. The minimum atomic E-state index is -3.62. The molecule has 0 unspecified atom stereocenters.